The van der Waals surface area contributed by atoms with E-state index in [0.29, 0.717) is 13.2 Å². The van der Waals surface area contributed by atoms with Gasteiger partial charge in [0.2, 0.25) is 0 Å². The second-order valence-electron chi connectivity index (χ2n) is 6.60. The lowest BCUT2D eigenvalue weighted by Gasteiger charge is -2.27. The maximum absolute atomic E-state index is 11.6. The van der Waals surface area contributed by atoms with Gasteiger partial charge in [-0.2, -0.15) is 0 Å². The summed E-state index contributed by atoms with van der Waals surface area (Å²) < 4.78 is 4.99. The minimum absolute atomic E-state index is 0.0549. The van der Waals surface area contributed by atoms with Gasteiger partial charge in [0.25, 0.3) is 0 Å². The Hall–Kier alpha value is -1.59. The molecule has 2 rings (SSSR count). The summed E-state index contributed by atoms with van der Waals surface area (Å²) in [5.41, 5.74) is 2.07. The first-order chi connectivity index (χ1) is 10.4. The van der Waals surface area contributed by atoms with Crippen LogP contribution in [0.3, 0.4) is 0 Å². The van der Waals surface area contributed by atoms with E-state index in [-0.39, 0.29) is 24.2 Å². The maximum atomic E-state index is 11.6. The van der Waals surface area contributed by atoms with Gasteiger partial charge in [-0.15, -0.1) is 0 Å². The quantitative estimate of drug-likeness (QED) is 0.813. The molecule has 5 heteroatoms. The van der Waals surface area contributed by atoms with Crippen LogP contribution in [0.2, 0.25) is 0 Å². The third kappa shape index (κ3) is 4.21. The number of hydrogen-bond acceptors (Lipinski definition) is 4. The highest BCUT2D eigenvalue weighted by molar-refractivity contribution is 5.89. The van der Waals surface area contributed by atoms with E-state index in [0.717, 1.165) is 24.2 Å². The van der Waals surface area contributed by atoms with Crippen LogP contribution < -0.4 is 10.2 Å². The van der Waals surface area contributed by atoms with Crippen molar-refractivity contribution in [2.24, 2.45) is 5.41 Å². The van der Waals surface area contributed by atoms with E-state index in [4.69, 9.17) is 9.84 Å². The number of aliphatic hydroxyl groups excluding tert-OH is 1. The number of carbonyl (C=O) groups is 1. The molecular formula is C17H26N2O3. The fourth-order valence-electron chi connectivity index (χ4n) is 2.53. The number of ether oxygens (including phenoxy) is 1. The molecule has 2 N–H and O–H groups in total. The average molecular weight is 306 g/mol. The van der Waals surface area contributed by atoms with Crippen molar-refractivity contribution in [1.29, 1.82) is 0 Å². The monoisotopic (exact) mass is 306 g/mol. The Morgan fingerprint density at radius 2 is 2.23 bits per heavy atom. The number of carbonyl (C=O) groups excluding carboxylic acids is 1. The van der Waals surface area contributed by atoms with Crippen LogP contribution in [0, 0.1) is 5.41 Å². The van der Waals surface area contributed by atoms with Gasteiger partial charge >= 0.3 is 6.09 Å². The number of amides is 1. The fourth-order valence-corrected chi connectivity index (χ4v) is 2.53. The van der Waals surface area contributed by atoms with E-state index in [1.807, 2.05) is 18.2 Å². The molecule has 1 aromatic carbocycles. The van der Waals surface area contributed by atoms with Crippen LogP contribution >= 0.6 is 0 Å². The first-order valence-corrected chi connectivity index (χ1v) is 7.81. The van der Waals surface area contributed by atoms with E-state index in [2.05, 4.69) is 32.2 Å². The normalized spacial score (nSPS) is 16.7. The van der Waals surface area contributed by atoms with Gasteiger partial charge in [-0.3, -0.25) is 4.90 Å². The molecule has 0 aromatic heterocycles. The highest BCUT2D eigenvalue weighted by Gasteiger charge is 2.24. The van der Waals surface area contributed by atoms with Crippen LogP contribution in [0.15, 0.2) is 24.3 Å². The molecule has 0 radical (unpaired) electrons. The van der Waals surface area contributed by atoms with E-state index >= 15 is 0 Å². The lowest BCUT2D eigenvalue weighted by Crippen LogP contribution is -2.32. The first-order valence-electron chi connectivity index (χ1n) is 7.81. The average Bonchev–Trinajstić information content (AvgIpc) is 2.91. The number of benzene rings is 1. The Labute approximate surface area is 132 Å². The van der Waals surface area contributed by atoms with Gasteiger partial charge in [-0.1, -0.05) is 26.0 Å². The fraction of sp³-hybridized carbons (Fsp3) is 0.588. The SMILES string of the molecule is CC(NCC(C)(C)CCO)c1cccc(N2CCOC2=O)c1. The minimum atomic E-state index is -0.276. The van der Waals surface area contributed by atoms with Crippen LogP contribution in [0.4, 0.5) is 10.5 Å². The Bertz CT molecular complexity index is 516. The Morgan fingerprint density at radius 1 is 1.45 bits per heavy atom. The summed E-state index contributed by atoms with van der Waals surface area (Å²) in [6, 6.07) is 8.16. The summed E-state index contributed by atoms with van der Waals surface area (Å²) in [5.74, 6) is 0. The summed E-state index contributed by atoms with van der Waals surface area (Å²) >= 11 is 0. The standard InChI is InChI=1S/C17H26N2O3/c1-13(18-12-17(2,3)7-9-20)14-5-4-6-15(11-14)19-8-10-22-16(19)21/h4-6,11,13,18,20H,7-10,12H2,1-3H3. The number of cyclic esters (lactones) is 1. The van der Waals surface area contributed by atoms with Crippen molar-refractivity contribution in [3.05, 3.63) is 29.8 Å². The van der Waals surface area contributed by atoms with Gasteiger partial charge < -0.3 is 15.2 Å². The molecule has 1 amide bonds. The molecule has 1 heterocycles. The zero-order chi connectivity index (χ0) is 16.2. The highest BCUT2D eigenvalue weighted by Crippen LogP contribution is 2.25. The second kappa shape index (κ2) is 7.11. The Kier molecular flexibility index (Phi) is 5.42. The molecule has 0 aliphatic carbocycles. The van der Waals surface area contributed by atoms with Gasteiger partial charge in [0.05, 0.1) is 6.54 Å². The molecule has 1 aliphatic rings. The number of nitrogens with one attached hydrogen (secondary N) is 1. The molecule has 0 spiro atoms. The highest BCUT2D eigenvalue weighted by atomic mass is 16.6. The van der Waals surface area contributed by atoms with E-state index < -0.39 is 0 Å². The van der Waals surface area contributed by atoms with Crippen LogP contribution in [0.1, 0.15) is 38.8 Å². The molecule has 1 aromatic rings. The second-order valence-corrected chi connectivity index (χ2v) is 6.60. The number of aliphatic hydroxyl groups is 1. The van der Waals surface area contributed by atoms with E-state index in [9.17, 15) is 4.79 Å². The van der Waals surface area contributed by atoms with Crippen LogP contribution in [0.5, 0.6) is 0 Å². The minimum Gasteiger partial charge on any atom is -0.447 e. The molecule has 1 saturated heterocycles. The Morgan fingerprint density at radius 3 is 2.86 bits per heavy atom. The molecule has 0 bridgehead atoms. The predicted octanol–water partition coefficient (Wildman–Crippen LogP) is 2.70. The van der Waals surface area contributed by atoms with Gasteiger partial charge in [-0.25, -0.2) is 4.79 Å². The lowest BCUT2D eigenvalue weighted by molar-refractivity contribution is 0.181. The summed E-state index contributed by atoms with van der Waals surface area (Å²) in [5, 5.41) is 12.6. The van der Waals surface area contributed by atoms with E-state index in [1.165, 1.54) is 0 Å². The molecule has 22 heavy (non-hydrogen) atoms. The molecular weight excluding hydrogens is 280 g/mol. The summed E-state index contributed by atoms with van der Waals surface area (Å²) in [4.78, 5) is 13.3. The van der Waals surface area contributed by atoms with Crippen LogP contribution in [0.25, 0.3) is 0 Å². The maximum Gasteiger partial charge on any atom is 0.414 e. The molecule has 0 saturated carbocycles. The van der Waals surface area contributed by atoms with Crippen molar-refractivity contribution in [2.45, 2.75) is 33.2 Å². The molecule has 122 valence electrons. The number of anilines is 1. The predicted molar refractivity (Wildman–Crippen MR) is 87.0 cm³/mol. The van der Waals surface area contributed by atoms with Crippen LogP contribution in [-0.2, 0) is 4.74 Å². The van der Waals surface area contributed by atoms with Crippen molar-refractivity contribution in [3.8, 4) is 0 Å². The van der Waals surface area contributed by atoms with Gasteiger partial charge in [-0.05, 0) is 36.5 Å². The number of hydrogen-bond donors (Lipinski definition) is 2. The zero-order valence-corrected chi connectivity index (χ0v) is 13.6. The number of nitrogens with zero attached hydrogens (tertiary/aromatic N) is 1. The smallest absolute Gasteiger partial charge is 0.414 e. The van der Waals surface area contributed by atoms with Crippen molar-refractivity contribution in [1.82, 2.24) is 5.32 Å². The first kappa shape index (κ1) is 16.8. The van der Waals surface area contributed by atoms with E-state index in [1.54, 1.807) is 4.90 Å². The van der Waals surface area contributed by atoms with Crippen molar-refractivity contribution >= 4 is 11.8 Å². The van der Waals surface area contributed by atoms with Crippen molar-refractivity contribution in [3.63, 3.8) is 0 Å². The third-order valence-corrected chi connectivity index (χ3v) is 4.12. The largest absolute Gasteiger partial charge is 0.447 e. The molecule has 1 unspecified atom stereocenters. The molecule has 5 nitrogen and oxygen atoms in total. The van der Waals surface area contributed by atoms with Crippen molar-refractivity contribution in [2.75, 3.05) is 31.2 Å². The lowest BCUT2D eigenvalue weighted by atomic mass is 9.89. The Balaban J connectivity index is 2.01. The molecule has 1 atom stereocenters. The third-order valence-electron chi connectivity index (χ3n) is 4.12. The molecule has 1 fully saturated rings. The topological polar surface area (TPSA) is 61.8 Å². The van der Waals surface area contributed by atoms with Gasteiger partial charge in [0.15, 0.2) is 0 Å². The van der Waals surface area contributed by atoms with Crippen molar-refractivity contribution < 1.29 is 14.6 Å². The summed E-state index contributed by atoms with van der Waals surface area (Å²) in [6.07, 6.45) is 0.494. The van der Waals surface area contributed by atoms with Gasteiger partial charge in [0, 0.05) is 24.9 Å². The number of rotatable bonds is 7. The summed E-state index contributed by atoms with van der Waals surface area (Å²) in [6.45, 7) is 8.47. The van der Waals surface area contributed by atoms with Gasteiger partial charge in [0.1, 0.15) is 6.61 Å². The molecule has 1 aliphatic heterocycles. The van der Waals surface area contributed by atoms with Crippen LogP contribution in [-0.4, -0.2) is 37.5 Å². The zero-order valence-electron chi connectivity index (χ0n) is 13.6. The summed E-state index contributed by atoms with van der Waals surface area (Å²) in [7, 11) is 0.